The molecule has 0 bridgehead atoms. The van der Waals surface area contributed by atoms with Gasteiger partial charge in [-0.05, 0) is 77.9 Å². The van der Waals surface area contributed by atoms with Gasteiger partial charge in [-0.15, -0.1) is 0 Å². The molecule has 0 aromatic heterocycles. The second-order valence-corrected chi connectivity index (χ2v) is 12.2. The smallest absolute Gasteiger partial charge is 0.308 e. The van der Waals surface area contributed by atoms with Crippen molar-refractivity contribution < 1.29 is 25.2 Å². The molecule has 0 N–H and O–H groups in total. The minimum atomic E-state index is -3.57. The summed E-state index contributed by atoms with van der Waals surface area (Å²) in [6.45, 7) is 3.09. The number of rotatable bonds is 10. The molecule has 0 aliphatic rings. The summed E-state index contributed by atoms with van der Waals surface area (Å²) in [4.78, 5) is 0. The first-order valence-electron chi connectivity index (χ1n) is 11.9. The maximum Gasteiger partial charge on any atom is 0.308 e. The van der Waals surface area contributed by atoms with Gasteiger partial charge in [0.05, 0.1) is 11.5 Å². The van der Waals surface area contributed by atoms with E-state index in [1.54, 1.807) is 50.2 Å². The Hall–Kier alpha value is -3.62. The summed E-state index contributed by atoms with van der Waals surface area (Å²) in [6.07, 6.45) is 0.746. The van der Waals surface area contributed by atoms with Gasteiger partial charge in [0.15, 0.2) is 0 Å². The molecule has 0 aliphatic carbocycles. The Morgan fingerprint density at radius 1 is 0.514 bits per heavy atom. The standard InChI is InChI=1S/C29H28O6S2/c1-3-36(30,31)34-28-9-5-7-26(20-28)24-15-11-22(12-16-24)19-23-13-17-25(18-14-23)27-8-6-10-29(21-27)35-37(32,33)4-2/h5-18,20-21H,3-4,19H2,1-2H3. The van der Waals surface area contributed by atoms with Crippen LogP contribution in [0.3, 0.4) is 0 Å². The summed E-state index contributed by atoms with van der Waals surface area (Å²) in [6, 6.07) is 30.3. The van der Waals surface area contributed by atoms with E-state index in [0.29, 0.717) is 11.5 Å². The van der Waals surface area contributed by atoms with E-state index in [1.165, 1.54) is 0 Å². The van der Waals surface area contributed by atoms with Crippen molar-refractivity contribution in [3.8, 4) is 33.8 Å². The molecule has 4 aromatic carbocycles. The van der Waals surface area contributed by atoms with Crippen LogP contribution in [-0.2, 0) is 26.7 Å². The molecule has 0 atom stereocenters. The molecule has 192 valence electrons. The highest BCUT2D eigenvalue weighted by Crippen LogP contribution is 2.27. The van der Waals surface area contributed by atoms with E-state index in [2.05, 4.69) is 24.3 Å². The van der Waals surface area contributed by atoms with Gasteiger partial charge in [0.25, 0.3) is 0 Å². The van der Waals surface area contributed by atoms with Crippen LogP contribution in [0.25, 0.3) is 22.3 Å². The summed E-state index contributed by atoms with van der Waals surface area (Å²) in [5.41, 5.74) is 5.95. The van der Waals surface area contributed by atoms with Gasteiger partial charge in [0.1, 0.15) is 11.5 Å². The molecule has 0 unspecified atom stereocenters. The number of benzene rings is 4. The van der Waals surface area contributed by atoms with Crippen molar-refractivity contribution in [3.63, 3.8) is 0 Å². The molecule has 37 heavy (non-hydrogen) atoms. The van der Waals surface area contributed by atoms with Crippen molar-refractivity contribution in [2.45, 2.75) is 20.3 Å². The molecule has 0 fully saturated rings. The van der Waals surface area contributed by atoms with Crippen LogP contribution in [0.2, 0.25) is 0 Å². The van der Waals surface area contributed by atoms with E-state index >= 15 is 0 Å². The van der Waals surface area contributed by atoms with Crippen molar-refractivity contribution >= 4 is 20.2 Å². The number of hydrogen-bond acceptors (Lipinski definition) is 6. The second-order valence-electron chi connectivity index (χ2n) is 8.49. The van der Waals surface area contributed by atoms with Gasteiger partial charge in [-0.2, -0.15) is 16.8 Å². The normalized spacial score (nSPS) is 11.7. The highest BCUT2D eigenvalue weighted by atomic mass is 32.2. The molecular formula is C29H28O6S2. The lowest BCUT2D eigenvalue weighted by Crippen LogP contribution is -2.11. The van der Waals surface area contributed by atoms with Gasteiger partial charge < -0.3 is 8.37 Å². The molecule has 0 radical (unpaired) electrons. The van der Waals surface area contributed by atoms with Crippen molar-refractivity contribution in [2.75, 3.05) is 11.5 Å². The highest BCUT2D eigenvalue weighted by Gasteiger charge is 2.11. The lowest BCUT2D eigenvalue weighted by atomic mass is 9.98. The van der Waals surface area contributed by atoms with E-state index in [1.807, 2.05) is 36.4 Å². The van der Waals surface area contributed by atoms with Crippen LogP contribution in [0.5, 0.6) is 11.5 Å². The molecule has 0 heterocycles. The van der Waals surface area contributed by atoms with Gasteiger partial charge in [0, 0.05) is 0 Å². The van der Waals surface area contributed by atoms with Crippen LogP contribution in [0.4, 0.5) is 0 Å². The molecule has 4 rings (SSSR count). The topological polar surface area (TPSA) is 86.7 Å². The molecule has 8 heteroatoms. The van der Waals surface area contributed by atoms with Crippen LogP contribution in [0.1, 0.15) is 25.0 Å². The Morgan fingerprint density at radius 3 is 1.24 bits per heavy atom. The largest absolute Gasteiger partial charge is 0.382 e. The van der Waals surface area contributed by atoms with Crippen LogP contribution < -0.4 is 8.37 Å². The van der Waals surface area contributed by atoms with E-state index in [4.69, 9.17) is 8.37 Å². The van der Waals surface area contributed by atoms with Crippen LogP contribution in [0, 0.1) is 0 Å². The molecule has 6 nitrogen and oxygen atoms in total. The monoisotopic (exact) mass is 536 g/mol. The van der Waals surface area contributed by atoms with Gasteiger partial charge in [0.2, 0.25) is 0 Å². The second kappa shape index (κ2) is 11.2. The molecule has 0 amide bonds. The summed E-state index contributed by atoms with van der Waals surface area (Å²) < 4.78 is 57.3. The molecule has 0 aliphatic heterocycles. The van der Waals surface area contributed by atoms with Crippen molar-refractivity contribution in [1.29, 1.82) is 0 Å². The van der Waals surface area contributed by atoms with Crippen molar-refractivity contribution in [2.24, 2.45) is 0 Å². The minimum absolute atomic E-state index is 0.0863. The van der Waals surface area contributed by atoms with E-state index in [-0.39, 0.29) is 11.5 Å². The number of hydrogen-bond donors (Lipinski definition) is 0. The molecule has 0 saturated heterocycles. The third-order valence-electron chi connectivity index (χ3n) is 5.80. The van der Waals surface area contributed by atoms with Crippen molar-refractivity contribution in [1.82, 2.24) is 0 Å². The SMILES string of the molecule is CCS(=O)(=O)Oc1cccc(-c2ccc(Cc3ccc(-c4cccc(OS(=O)(=O)CC)c4)cc3)cc2)c1. The zero-order valence-electron chi connectivity index (χ0n) is 20.6. The minimum Gasteiger partial charge on any atom is -0.382 e. The fourth-order valence-electron chi connectivity index (χ4n) is 3.73. The third-order valence-corrected chi connectivity index (χ3v) is 8.11. The Labute approximate surface area is 218 Å². The summed E-state index contributed by atoms with van der Waals surface area (Å²) in [5, 5.41) is 0. The summed E-state index contributed by atoms with van der Waals surface area (Å²) in [5.74, 6) is 0.425. The van der Waals surface area contributed by atoms with E-state index in [9.17, 15) is 16.8 Å². The predicted octanol–water partition coefficient (Wildman–Crippen LogP) is 6.07. The fourth-order valence-corrected chi connectivity index (χ4v) is 4.76. The average molecular weight is 537 g/mol. The zero-order chi connectivity index (χ0) is 26.5. The Morgan fingerprint density at radius 2 is 0.892 bits per heavy atom. The summed E-state index contributed by atoms with van der Waals surface area (Å²) in [7, 11) is -7.15. The first kappa shape index (κ1) is 26.4. The Kier molecular flexibility index (Phi) is 8.00. The Bertz CT molecular complexity index is 1450. The van der Waals surface area contributed by atoms with Gasteiger partial charge in [-0.3, -0.25) is 0 Å². The quantitative estimate of drug-likeness (QED) is 0.229. The molecule has 4 aromatic rings. The maximum absolute atomic E-state index is 11.8. The van der Waals surface area contributed by atoms with Crippen molar-refractivity contribution in [3.05, 3.63) is 108 Å². The van der Waals surface area contributed by atoms with Gasteiger partial charge in [-0.25, -0.2) is 0 Å². The van der Waals surface area contributed by atoms with Crippen LogP contribution in [-0.4, -0.2) is 28.3 Å². The third kappa shape index (κ3) is 7.21. The van der Waals surface area contributed by atoms with Crippen LogP contribution in [0.15, 0.2) is 97.1 Å². The first-order valence-corrected chi connectivity index (χ1v) is 15.0. The van der Waals surface area contributed by atoms with Gasteiger partial charge >= 0.3 is 20.2 Å². The first-order chi connectivity index (χ1) is 17.7. The lowest BCUT2D eigenvalue weighted by molar-refractivity contribution is 0.486. The lowest BCUT2D eigenvalue weighted by Gasteiger charge is -2.09. The van der Waals surface area contributed by atoms with E-state index < -0.39 is 20.2 Å². The average Bonchev–Trinajstić information content (AvgIpc) is 2.89. The Balaban J connectivity index is 1.44. The molecule has 0 spiro atoms. The zero-order valence-corrected chi connectivity index (χ0v) is 22.3. The van der Waals surface area contributed by atoms with Crippen LogP contribution >= 0.6 is 0 Å². The van der Waals surface area contributed by atoms with Gasteiger partial charge in [-0.1, -0.05) is 72.8 Å². The highest BCUT2D eigenvalue weighted by molar-refractivity contribution is 7.87. The van der Waals surface area contributed by atoms with E-state index in [0.717, 1.165) is 39.8 Å². The maximum atomic E-state index is 11.8. The predicted molar refractivity (Wildman–Crippen MR) is 147 cm³/mol. The molecular weight excluding hydrogens is 508 g/mol. The fraction of sp³-hybridized carbons (Fsp3) is 0.172. The summed E-state index contributed by atoms with van der Waals surface area (Å²) >= 11 is 0. The molecule has 0 saturated carbocycles.